The van der Waals surface area contributed by atoms with E-state index in [9.17, 15) is 19.5 Å². The normalized spacial score (nSPS) is 14.0. The molecular weight excluding hydrogens is 361 g/mol. The molecule has 1 aliphatic heterocycles. The van der Waals surface area contributed by atoms with Crippen LogP contribution >= 0.6 is 0 Å². The van der Waals surface area contributed by atoms with E-state index in [-0.39, 0.29) is 36.0 Å². The third kappa shape index (κ3) is 7.23. The van der Waals surface area contributed by atoms with E-state index in [1.807, 2.05) is 12.1 Å². The van der Waals surface area contributed by atoms with E-state index in [1.54, 1.807) is 13.2 Å². The molecule has 2 N–H and O–H groups in total. The minimum absolute atomic E-state index is 0. The van der Waals surface area contributed by atoms with Gasteiger partial charge in [0.1, 0.15) is 0 Å². The number of benzene rings is 1. The summed E-state index contributed by atoms with van der Waals surface area (Å²) in [6.07, 6.45) is 0.541. The summed E-state index contributed by atoms with van der Waals surface area (Å²) in [5.74, 6) is -2.50. The van der Waals surface area contributed by atoms with E-state index in [2.05, 4.69) is 15.5 Å². The van der Waals surface area contributed by atoms with Gasteiger partial charge < -0.3 is 25.3 Å². The van der Waals surface area contributed by atoms with E-state index in [0.29, 0.717) is 18.8 Å². The fraction of sp³-hybridized carbons (Fsp3) is 0.500. The van der Waals surface area contributed by atoms with Crippen LogP contribution in [0.4, 0.5) is 5.69 Å². The number of rotatable bonds is 9. The monoisotopic (exact) mass is 385 g/mol. The molecule has 1 aromatic rings. The van der Waals surface area contributed by atoms with Crippen molar-refractivity contribution in [3.05, 3.63) is 29.3 Å². The number of nitrogens with one attached hydrogen (secondary N) is 2. The molecule has 0 aliphatic carbocycles. The van der Waals surface area contributed by atoms with Gasteiger partial charge in [0.05, 0.1) is 18.4 Å². The minimum atomic E-state index is -1.49. The van der Waals surface area contributed by atoms with E-state index in [4.69, 9.17) is 4.74 Å². The molecule has 0 saturated heterocycles. The second-order valence-electron chi connectivity index (χ2n) is 6.32. The Labute approximate surface area is 180 Å². The van der Waals surface area contributed by atoms with Crippen molar-refractivity contribution in [1.82, 2.24) is 10.2 Å². The molecule has 1 atom stereocenters. The number of amides is 2. The third-order valence-corrected chi connectivity index (χ3v) is 4.20. The maximum Gasteiger partial charge on any atom is 1.00 e. The number of carbonyl (C=O) groups is 3. The minimum Gasteiger partial charge on any atom is -0.548 e. The van der Waals surface area contributed by atoms with Crippen LogP contribution < -0.4 is 45.3 Å². The Morgan fingerprint density at radius 1 is 1.30 bits per heavy atom. The Hall–Kier alpha value is -1.45. The number of methoxy groups -OCH3 is 1. The van der Waals surface area contributed by atoms with Crippen molar-refractivity contribution in [2.24, 2.45) is 0 Å². The first-order chi connectivity index (χ1) is 12.4. The number of carboxylic acid groups (broad SMARTS) is 1. The number of ether oxygens (including phenoxy) is 1. The van der Waals surface area contributed by atoms with Crippen LogP contribution in [-0.4, -0.2) is 49.0 Å². The van der Waals surface area contributed by atoms with Crippen LogP contribution in [0.5, 0.6) is 0 Å². The molecule has 0 unspecified atom stereocenters. The molecule has 0 fully saturated rings. The molecule has 0 saturated carbocycles. The molecule has 2 rings (SSSR count). The maximum atomic E-state index is 12.2. The second-order valence-corrected chi connectivity index (χ2v) is 6.32. The van der Waals surface area contributed by atoms with Crippen molar-refractivity contribution in [1.29, 1.82) is 0 Å². The second kappa shape index (κ2) is 11.4. The number of hydrogen-bond donors (Lipinski definition) is 2. The Balaban J connectivity index is 0.00000364. The molecule has 1 heterocycles. The molecular formula is C18H24N3NaO5. The van der Waals surface area contributed by atoms with Gasteiger partial charge in [0, 0.05) is 46.0 Å². The molecule has 1 aromatic carbocycles. The zero-order chi connectivity index (χ0) is 19.1. The Kier molecular flexibility index (Phi) is 9.97. The standard InChI is InChI=1S/C18H25N3O5.Na/c1-12(22)19-16(18(24)25)9-17(23)20-15-6-3-5-13-10-21(11-14(13)15)7-4-8-26-2;/h3,5-6,16H,4,7-11H2,1-2H3,(H,19,22)(H,20,23)(H,24,25);/q;+1/p-1/t16-;/m0./s1. The Morgan fingerprint density at radius 2 is 2.04 bits per heavy atom. The predicted molar refractivity (Wildman–Crippen MR) is 92.9 cm³/mol. The molecule has 2 amide bonds. The quantitative estimate of drug-likeness (QED) is 0.339. The summed E-state index contributed by atoms with van der Waals surface area (Å²) in [5.41, 5.74) is 2.84. The molecule has 27 heavy (non-hydrogen) atoms. The van der Waals surface area contributed by atoms with Gasteiger partial charge >= 0.3 is 29.6 Å². The zero-order valence-corrected chi connectivity index (χ0v) is 18.0. The number of anilines is 1. The van der Waals surface area contributed by atoms with Gasteiger partial charge in [-0.05, 0) is 23.6 Å². The van der Waals surface area contributed by atoms with Crippen LogP contribution in [0.1, 0.15) is 30.9 Å². The van der Waals surface area contributed by atoms with E-state index < -0.39 is 23.8 Å². The van der Waals surface area contributed by atoms with E-state index in [1.165, 1.54) is 6.92 Å². The summed E-state index contributed by atoms with van der Waals surface area (Å²) in [5, 5.41) is 16.0. The largest absolute Gasteiger partial charge is 1.00 e. The molecule has 0 spiro atoms. The fourth-order valence-electron chi connectivity index (χ4n) is 3.02. The molecule has 0 radical (unpaired) electrons. The summed E-state index contributed by atoms with van der Waals surface area (Å²) >= 11 is 0. The van der Waals surface area contributed by atoms with Crippen LogP contribution in [0, 0.1) is 0 Å². The number of carbonyl (C=O) groups excluding carboxylic acids is 3. The Morgan fingerprint density at radius 3 is 2.67 bits per heavy atom. The smallest absolute Gasteiger partial charge is 0.548 e. The van der Waals surface area contributed by atoms with E-state index >= 15 is 0 Å². The van der Waals surface area contributed by atoms with Crippen LogP contribution in [0.2, 0.25) is 0 Å². The molecule has 0 aromatic heterocycles. The van der Waals surface area contributed by atoms with Crippen LogP contribution in [0.15, 0.2) is 18.2 Å². The van der Waals surface area contributed by atoms with Crippen molar-refractivity contribution >= 4 is 23.5 Å². The SMILES string of the molecule is COCCCN1Cc2cccc(NC(=O)C[C@H](NC(C)=O)C(=O)[O-])c2C1.[Na+]. The van der Waals surface area contributed by atoms with Gasteiger partial charge in [0.15, 0.2) is 0 Å². The summed E-state index contributed by atoms with van der Waals surface area (Å²) in [6.45, 7) is 4.30. The molecule has 142 valence electrons. The van der Waals surface area contributed by atoms with Crippen molar-refractivity contribution < 1.29 is 53.8 Å². The Bertz CT molecular complexity index is 683. The van der Waals surface area contributed by atoms with Crippen molar-refractivity contribution in [2.45, 2.75) is 38.9 Å². The topological polar surface area (TPSA) is 111 Å². The van der Waals surface area contributed by atoms with E-state index in [0.717, 1.165) is 30.6 Å². The van der Waals surface area contributed by atoms with Gasteiger partial charge in [0.25, 0.3) is 0 Å². The van der Waals surface area contributed by atoms with Gasteiger partial charge in [0.2, 0.25) is 11.8 Å². The van der Waals surface area contributed by atoms with Crippen LogP contribution in [0.3, 0.4) is 0 Å². The van der Waals surface area contributed by atoms with Gasteiger partial charge in [-0.1, -0.05) is 12.1 Å². The average Bonchev–Trinajstić information content (AvgIpc) is 2.98. The number of aliphatic carboxylic acids is 1. The summed E-state index contributed by atoms with van der Waals surface area (Å²) in [7, 11) is 1.67. The molecule has 9 heteroatoms. The number of carboxylic acids is 1. The van der Waals surface area contributed by atoms with Gasteiger partial charge in [-0.3, -0.25) is 14.5 Å². The van der Waals surface area contributed by atoms with Crippen molar-refractivity contribution in [3.8, 4) is 0 Å². The average molecular weight is 385 g/mol. The van der Waals surface area contributed by atoms with Crippen LogP contribution in [-0.2, 0) is 32.2 Å². The first-order valence-corrected chi connectivity index (χ1v) is 8.50. The first-order valence-electron chi connectivity index (χ1n) is 8.50. The molecule has 8 nitrogen and oxygen atoms in total. The molecule has 1 aliphatic rings. The van der Waals surface area contributed by atoms with Gasteiger partial charge in [-0.15, -0.1) is 0 Å². The van der Waals surface area contributed by atoms with Crippen LogP contribution in [0.25, 0.3) is 0 Å². The van der Waals surface area contributed by atoms with Gasteiger partial charge in [-0.25, -0.2) is 0 Å². The van der Waals surface area contributed by atoms with Crippen molar-refractivity contribution in [2.75, 3.05) is 25.6 Å². The number of fused-ring (bicyclic) bond motifs is 1. The third-order valence-electron chi connectivity index (χ3n) is 4.20. The first kappa shape index (κ1) is 23.6. The summed E-state index contributed by atoms with van der Waals surface area (Å²) in [4.78, 5) is 36.6. The van der Waals surface area contributed by atoms with Gasteiger partial charge in [-0.2, -0.15) is 0 Å². The fourth-order valence-corrected chi connectivity index (χ4v) is 3.02. The maximum absolute atomic E-state index is 12.2. The van der Waals surface area contributed by atoms with Crippen molar-refractivity contribution in [3.63, 3.8) is 0 Å². The zero-order valence-electron chi connectivity index (χ0n) is 16.0. The summed E-state index contributed by atoms with van der Waals surface area (Å²) in [6, 6.07) is 4.32. The predicted octanol–water partition coefficient (Wildman–Crippen LogP) is -3.37. The summed E-state index contributed by atoms with van der Waals surface area (Å²) < 4.78 is 5.07. The number of hydrogen-bond acceptors (Lipinski definition) is 6. The molecule has 0 bridgehead atoms. The number of nitrogens with zero attached hydrogens (tertiary/aromatic N) is 1.